The van der Waals surface area contributed by atoms with Gasteiger partial charge in [-0.15, -0.1) is 0 Å². The summed E-state index contributed by atoms with van der Waals surface area (Å²) in [5.41, 5.74) is 4.98. The van der Waals surface area contributed by atoms with Crippen molar-refractivity contribution in [3.8, 4) is 5.75 Å². The summed E-state index contributed by atoms with van der Waals surface area (Å²) in [5.74, 6) is 0.615. The fourth-order valence-corrected chi connectivity index (χ4v) is 3.41. The van der Waals surface area contributed by atoms with E-state index in [1.165, 1.54) is 11.8 Å². The minimum atomic E-state index is -0.0807. The first-order chi connectivity index (χ1) is 16.5. The molecular formula is C29H26N2O3. The van der Waals surface area contributed by atoms with Gasteiger partial charge in [0, 0.05) is 19.0 Å². The van der Waals surface area contributed by atoms with Gasteiger partial charge in [0.1, 0.15) is 24.2 Å². The lowest BCUT2D eigenvalue weighted by Gasteiger charge is -2.15. The number of rotatable bonds is 8. The highest BCUT2D eigenvalue weighted by molar-refractivity contribution is 5.81. The first-order valence-electron chi connectivity index (χ1n) is 10.9. The molecule has 5 heteroatoms. The second-order valence-electron chi connectivity index (χ2n) is 8.01. The van der Waals surface area contributed by atoms with Crippen molar-refractivity contribution in [3.63, 3.8) is 0 Å². The first kappa shape index (κ1) is 22.8. The Hall–Kier alpha value is -4.38. The third kappa shape index (κ3) is 5.51. The van der Waals surface area contributed by atoms with Crippen molar-refractivity contribution >= 4 is 35.5 Å². The number of aryl methyl sites for hydroxylation is 1. The van der Waals surface area contributed by atoms with Crippen LogP contribution in [0.4, 0.5) is 5.69 Å². The quantitative estimate of drug-likeness (QED) is 0.222. The molecule has 0 aliphatic heterocycles. The number of anilines is 1. The van der Waals surface area contributed by atoms with Crippen LogP contribution in [0.3, 0.4) is 0 Å². The summed E-state index contributed by atoms with van der Waals surface area (Å²) in [5, 5.41) is 6.26. The molecular weight excluding hydrogens is 424 g/mol. The normalized spacial score (nSPS) is 11.6. The topological polar surface area (TPSA) is 55.0 Å². The van der Waals surface area contributed by atoms with Crippen LogP contribution >= 0.6 is 0 Å². The molecule has 0 aliphatic carbocycles. The van der Waals surface area contributed by atoms with Crippen molar-refractivity contribution in [2.75, 3.05) is 11.6 Å². The lowest BCUT2D eigenvalue weighted by Crippen LogP contribution is -2.10. The summed E-state index contributed by atoms with van der Waals surface area (Å²) in [6, 6.07) is 23.1. The van der Waals surface area contributed by atoms with Crippen molar-refractivity contribution in [2.24, 2.45) is 5.10 Å². The predicted octanol–water partition coefficient (Wildman–Crippen LogP) is 6.68. The molecule has 0 saturated carbocycles. The maximum absolute atomic E-state index is 12.9. The maximum Gasteiger partial charge on any atom is 0.199 e. The van der Waals surface area contributed by atoms with E-state index in [9.17, 15) is 4.79 Å². The van der Waals surface area contributed by atoms with Crippen LogP contribution in [0.2, 0.25) is 0 Å². The number of hydrogen-bond donors (Lipinski definition) is 0. The summed E-state index contributed by atoms with van der Waals surface area (Å²) in [6.45, 7) is 7.98. The van der Waals surface area contributed by atoms with Crippen molar-refractivity contribution in [1.29, 1.82) is 0 Å². The van der Waals surface area contributed by atoms with Crippen molar-refractivity contribution < 1.29 is 9.15 Å². The predicted molar refractivity (Wildman–Crippen MR) is 140 cm³/mol. The Balaban J connectivity index is 1.47. The third-order valence-electron chi connectivity index (χ3n) is 5.29. The van der Waals surface area contributed by atoms with Gasteiger partial charge in [0.25, 0.3) is 0 Å². The summed E-state index contributed by atoms with van der Waals surface area (Å²) < 4.78 is 11.7. The summed E-state index contributed by atoms with van der Waals surface area (Å²) in [4.78, 5) is 12.9. The third-order valence-corrected chi connectivity index (χ3v) is 5.29. The molecule has 1 aromatic heterocycles. The number of benzene rings is 3. The Bertz CT molecular complexity index is 1400. The molecule has 0 atom stereocenters. The molecule has 3 aromatic carbocycles. The van der Waals surface area contributed by atoms with E-state index in [2.05, 4.69) is 11.8 Å². The highest BCUT2D eigenvalue weighted by Gasteiger charge is 2.07. The smallest absolute Gasteiger partial charge is 0.199 e. The van der Waals surface area contributed by atoms with Crippen LogP contribution < -0.4 is 15.2 Å². The zero-order valence-electron chi connectivity index (χ0n) is 19.3. The number of nitrogens with zero attached hydrogens (tertiary/aromatic N) is 2. The summed E-state index contributed by atoms with van der Waals surface area (Å²) in [6.07, 6.45) is 7.04. The van der Waals surface area contributed by atoms with E-state index in [0.29, 0.717) is 28.9 Å². The van der Waals surface area contributed by atoms with E-state index in [1.54, 1.807) is 29.3 Å². The molecule has 34 heavy (non-hydrogen) atoms. The molecule has 0 spiro atoms. The Morgan fingerprint density at radius 2 is 1.82 bits per heavy atom. The highest BCUT2D eigenvalue weighted by Crippen LogP contribution is 2.21. The molecule has 0 unspecified atom stereocenters. The molecule has 5 nitrogen and oxygen atoms in total. The molecule has 1 heterocycles. The molecule has 4 rings (SSSR count). The second-order valence-corrected chi connectivity index (χ2v) is 8.01. The Labute approximate surface area is 198 Å². The standard InChI is InChI=1S/C29H26N2O3/c1-21-9-11-23(12-10-21)13-14-24-20-34-28-17-26(15-16-27(28)29(24)32)33-19-22(2)18-31(30-3)25-7-5-4-6-8-25/h4-18,20H,3,19H2,1-2H3/b14-13+,22-18+. The van der Waals surface area contributed by atoms with Gasteiger partial charge in [0.15, 0.2) is 5.43 Å². The van der Waals surface area contributed by atoms with Crippen LogP contribution in [0.5, 0.6) is 5.75 Å². The number of fused-ring (bicyclic) bond motifs is 1. The van der Waals surface area contributed by atoms with Crippen molar-refractivity contribution in [3.05, 3.63) is 118 Å². The van der Waals surface area contributed by atoms with Gasteiger partial charge >= 0.3 is 0 Å². The van der Waals surface area contributed by atoms with E-state index in [1.807, 2.05) is 80.7 Å². The van der Waals surface area contributed by atoms with Gasteiger partial charge in [-0.2, -0.15) is 5.10 Å². The van der Waals surface area contributed by atoms with Crippen molar-refractivity contribution in [1.82, 2.24) is 0 Å². The van der Waals surface area contributed by atoms with Gasteiger partial charge in [-0.1, -0.05) is 54.1 Å². The molecule has 0 N–H and O–H groups in total. The Morgan fingerprint density at radius 3 is 2.56 bits per heavy atom. The fourth-order valence-electron chi connectivity index (χ4n) is 3.41. The first-order valence-corrected chi connectivity index (χ1v) is 10.9. The van der Waals surface area contributed by atoms with Gasteiger partial charge in [-0.3, -0.25) is 4.79 Å². The van der Waals surface area contributed by atoms with Crippen LogP contribution in [0.15, 0.2) is 105 Å². The van der Waals surface area contributed by atoms with E-state index in [4.69, 9.17) is 9.15 Å². The van der Waals surface area contributed by atoms with E-state index in [-0.39, 0.29) is 5.43 Å². The monoisotopic (exact) mass is 450 g/mol. The zero-order chi connectivity index (χ0) is 23.9. The molecule has 4 aromatic rings. The molecule has 0 saturated heterocycles. The van der Waals surface area contributed by atoms with Crippen molar-refractivity contribution in [2.45, 2.75) is 13.8 Å². The van der Waals surface area contributed by atoms with Gasteiger partial charge in [-0.25, -0.2) is 5.01 Å². The van der Waals surface area contributed by atoms with E-state index in [0.717, 1.165) is 16.8 Å². The molecule has 0 fully saturated rings. The van der Waals surface area contributed by atoms with E-state index >= 15 is 0 Å². The minimum absolute atomic E-state index is 0.0807. The lowest BCUT2D eigenvalue weighted by molar-refractivity contribution is 0.351. The molecule has 170 valence electrons. The van der Waals surface area contributed by atoms with Crippen LogP contribution in [0.25, 0.3) is 23.1 Å². The largest absolute Gasteiger partial charge is 0.489 e. The summed E-state index contributed by atoms with van der Waals surface area (Å²) in [7, 11) is 0. The molecule has 0 radical (unpaired) electrons. The average molecular weight is 451 g/mol. The van der Waals surface area contributed by atoms with Gasteiger partial charge < -0.3 is 9.15 Å². The zero-order valence-corrected chi connectivity index (χ0v) is 19.3. The summed E-state index contributed by atoms with van der Waals surface area (Å²) >= 11 is 0. The molecule has 0 aliphatic rings. The fraction of sp³-hybridized carbons (Fsp3) is 0.103. The number of hydrogen-bond acceptors (Lipinski definition) is 5. The maximum atomic E-state index is 12.9. The lowest BCUT2D eigenvalue weighted by atomic mass is 10.1. The highest BCUT2D eigenvalue weighted by atomic mass is 16.5. The SMILES string of the molecule is C=NN(/C=C(\C)COc1ccc2c(=O)c(/C=C/c3ccc(C)cc3)coc2c1)c1ccccc1. The van der Waals surface area contributed by atoms with Gasteiger partial charge in [-0.05, 0) is 55.3 Å². The number of hydrazone groups is 1. The molecule has 0 amide bonds. The molecule has 0 bridgehead atoms. The Morgan fingerprint density at radius 1 is 1.06 bits per heavy atom. The van der Waals surface area contributed by atoms with Gasteiger partial charge in [0.2, 0.25) is 0 Å². The van der Waals surface area contributed by atoms with Gasteiger partial charge in [0.05, 0.1) is 16.6 Å². The Kier molecular flexibility index (Phi) is 7.04. The van der Waals surface area contributed by atoms with Crippen LogP contribution in [-0.4, -0.2) is 13.3 Å². The average Bonchev–Trinajstić information content (AvgIpc) is 2.87. The second kappa shape index (κ2) is 10.5. The van der Waals surface area contributed by atoms with Crippen LogP contribution in [-0.2, 0) is 0 Å². The van der Waals surface area contributed by atoms with Crippen LogP contribution in [0, 0.1) is 6.92 Å². The van der Waals surface area contributed by atoms with E-state index < -0.39 is 0 Å². The van der Waals surface area contributed by atoms with Crippen LogP contribution in [0.1, 0.15) is 23.6 Å². The minimum Gasteiger partial charge on any atom is -0.489 e. The number of para-hydroxylation sites is 1. The number of ether oxygens (including phenoxy) is 1.